The molecule has 41 heavy (non-hydrogen) atoms. The first kappa shape index (κ1) is 35.1. The Hall–Kier alpha value is -3.93. The Bertz CT molecular complexity index is 1140. The zero-order valence-electron chi connectivity index (χ0n) is 24.8. The second kappa shape index (κ2) is 17.0. The second-order valence-electron chi connectivity index (χ2n) is 10.8. The fraction of sp³-hybridized carbons (Fsp3) is 0.548. The molecule has 10 heteroatoms. The van der Waals surface area contributed by atoms with Crippen molar-refractivity contribution < 1.29 is 33.6 Å². The quantitative estimate of drug-likeness (QED) is 0.0343. The highest BCUT2D eigenvalue weighted by atomic mass is 17.2. The largest absolute Gasteiger partial charge is 0.463 e. The molecule has 1 rings (SSSR count). The molecule has 0 saturated carbocycles. The molecule has 3 N–H and O–H groups in total. The molecule has 0 saturated heterocycles. The smallest absolute Gasteiger partial charge is 0.311 e. The Morgan fingerprint density at radius 3 is 2.34 bits per heavy atom. The zero-order valence-corrected chi connectivity index (χ0v) is 24.8. The molecule has 0 bridgehead atoms. The van der Waals surface area contributed by atoms with Crippen LogP contribution in [-0.4, -0.2) is 37.0 Å². The van der Waals surface area contributed by atoms with Gasteiger partial charge in [0.15, 0.2) is 0 Å². The molecular weight excluding hydrogens is 526 g/mol. The molecule has 0 aliphatic rings. The van der Waals surface area contributed by atoms with E-state index in [-0.39, 0.29) is 56.5 Å². The number of primary amides is 1. The van der Waals surface area contributed by atoms with Crippen molar-refractivity contribution in [1.82, 2.24) is 0 Å². The summed E-state index contributed by atoms with van der Waals surface area (Å²) in [6.07, 6.45) is 1.08. The summed E-state index contributed by atoms with van der Waals surface area (Å²) in [6.45, 7) is 11.9. The van der Waals surface area contributed by atoms with Crippen LogP contribution in [0.25, 0.3) is 0 Å². The number of carbonyl (C=O) groups excluding carboxylic acids is 3. The van der Waals surface area contributed by atoms with E-state index in [2.05, 4.69) is 18.4 Å². The van der Waals surface area contributed by atoms with Gasteiger partial charge in [0.25, 0.3) is 0 Å². The van der Waals surface area contributed by atoms with Crippen molar-refractivity contribution in [3.05, 3.63) is 54.0 Å². The van der Waals surface area contributed by atoms with Crippen molar-refractivity contribution >= 4 is 23.7 Å². The molecule has 0 aliphatic heterocycles. The van der Waals surface area contributed by atoms with Gasteiger partial charge in [0, 0.05) is 19.3 Å². The zero-order chi connectivity index (χ0) is 31.1. The van der Waals surface area contributed by atoms with Gasteiger partial charge in [-0.05, 0) is 51.0 Å². The number of ether oxygens (including phenoxy) is 2. The number of carbonyl (C=O) groups is 3. The monoisotopic (exact) mass is 569 g/mol. The van der Waals surface area contributed by atoms with E-state index in [0.717, 1.165) is 5.56 Å². The van der Waals surface area contributed by atoms with E-state index in [9.17, 15) is 19.6 Å². The van der Waals surface area contributed by atoms with Crippen molar-refractivity contribution in [1.29, 1.82) is 10.7 Å². The van der Waals surface area contributed by atoms with Crippen LogP contribution in [0.5, 0.6) is 0 Å². The van der Waals surface area contributed by atoms with Crippen LogP contribution >= 0.6 is 0 Å². The van der Waals surface area contributed by atoms with Crippen molar-refractivity contribution in [3.8, 4) is 6.07 Å². The predicted octanol–water partition coefficient (Wildman–Crippen LogP) is 5.49. The molecule has 1 amide bonds. The first-order valence-corrected chi connectivity index (χ1v) is 13.7. The van der Waals surface area contributed by atoms with Gasteiger partial charge in [0.1, 0.15) is 19.0 Å². The van der Waals surface area contributed by atoms with Crippen LogP contribution in [0.4, 0.5) is 0 Å². The topological polar surface area (TPSA) is 162 Å². The Kier molecular flexibility index (Phi) is 14.6. The Balaban J connectivity index is 2.81. The van der Waals surface area contributed by atoms with E-state index >= 15 is 0 Å². The summed E-state index contributed by atoms with van der Waals surface area (Å²) in [7, 11) is 0. The summed E-state index contributed by atoms with van der Waals surface area (Å²) in [4.78, 5) is 46.9. The predicted molar refractivity (Wildman–Crippen MR) is 153 cm³/mol. The number of nitriles is 1. The maximum absolute atomic E-state index is 13.4. The van der Waals surface area contributed by atoms with E-state index in [1.165, 1.54) is 6.92 Å². The molecule has 10 nitrogen and oxygen atoms in total. The normalized spacial score (nSPS) is 15.0. The number of nitrogens with zero attached hydrogens (tertiary/aromatic N) is 1. The SMILES string of the molecule is C=C=C(C)OC(=O)CCC(=N)OOCCOC(=O)C(C)(CC(CC)C(N)=O)CC(C)(C#N)CC(C)c1ccccc1. The number of rotatable bonds is 18. The lowest BCUT2D eigenvalue weighted by Gasteiger charge is -2.37. The molecule has 4 unspecified atom stereocenters. The first-order valence-electron chi connectivity index (χ1n) is 13.7. The minimum atomic E-state index is -1.18. The van der Waals surface area contributed by atoms with Gasteiger partial charge in [0.05, 0.1) is 23.3 Å². The minimum absolute atomic E-state index is 0.0548. The average Bonchev–Trinajstić information content (AvgIpc) is 2.94. The van der Waals surface area contributed by atoms with Crippen molar-refractivity contribution in [3.63, 3.8) is 0 Å². The third-order valence-electron chi connectivity index (χ3n) is 6.89. The van der Waals surface area contributed by atoms with Gasteiger partial charge in [-0.15, -0.1) is 0 Å². The fourth-order valence-electron chi connectivity index (χ4n) is 4.78. The van der Waals surface area contributed by atoms with E-state index < -0.39 is 34.6 Å². The lowest BCUT2D eigenvalue weighted by molar-refractivity contribution is -0.233. The van der Waals surface area contributed by atoms with E-state index in [4.69, 9.17) is 30.4 Å². The number of hydrogen-bond acceptors (Lipinski definition) is 9. The number of esters is 2. The number of amides is 1. The van der Waals surface area contributed by atoms with Crippen molar-refractivity contribution in [2.45, 2.75) is 79.1 Å². The minimum Gasteiger partial charge on any atom is -0.463 e. The third kappa shape index (κ3) is 12.4. The summed E-state index contributed by atoms with van der Waals surface area (Å²) >= 11 is 0. The van der Waals surface area contributed by atoms with Gasteiger partial charge in [0.2, 0.25) is 11.8 Å². The molecule has 1 aromatic rings. The Labute approximate surface area is 242 Å². The summed E-state index contributed by atoms with van der Waals surface area (Å²) < 4.78 is 10.4. The lowest BCUT2D eigenvalue weighted by Crippen LogP contribution is -2.40. The summed E-state index contributed by atoms with van der Waals surface area (Å²) in [6, 6.07) is 12.2. The second-order valence-corrected chi connectivity index (χ2v) is 10.8. The van der Waals surface area contributed by atoms with Gasteiger partial charge in [-0.2, -0.15) is 10.1 Å². The van der Waals surface area contributed by atoms with Gasteiger partial charge in [-0.3, -0.25) is 19.8 Å². The van der Waals surface area contributed by atoms with Crippen LogP contribution in [0.1, 0.15) is 84.6 Å². The first-order chi connectivity index (χ1) is 19.3. The number of nitrogens with one attached hydrogen (secondary N) is 1. The molecule has 0 heterocycles. The van der Waals surface area contributed by atoms with Crippen LogP contribution in [0.3, 0.4) is 0 Å². The summed E-state index contributed by atoms with van der Waals surface area (Å²) in [5.41, 5.74) is 7.05. The van der Waals surface area contributed by atoms with E-state index in [0.29, 0.717) is 12.8 Å². The van der Waals surface area contributed by atoms with Crippen LogP contribution in [-0.2, 0) is 33.6 Å². The number of nitrogens with two attached hydrogens (primary N) is 1. The highest BCUT2D eigenvalue weighted by Crippen LogP contribution is 2.44. The maximum atomic E-state index is 13.4. The average molecular weight is 570 g/mol. The number of allylic oxidation sites excluding steroid dienone is 1. The molecular formula is C31H43N3O7. The molecule has 0 aliphatic carbocycles. The fourth-order valence-corrected chi connectivity index (χ4v) is 4.78. The number of hydrogen-bond donors (Lipinski definition) is 2. The Morgan fingerprint density at radius 2 is 1.78 bits per heavy atom. The maximum Gasteiger partial charge on any atom is 0.311 e. The highest BCUT2D eigenvalue weighted by Gasteiger charge is 2.44. The van der Waals surface area contributed by atoms with Crippen LogP contribution < -0.4 is 5.73 Å². The molecule has 0 spiro atoms. The summed E-state index contributed by atoms with van der Waals surface area (Å²) in [5.74, 6) is -2.25. The lowest BCUT2D eigenvalue weighted by atomic mass is 9.66. The van der Waals surface area contributed by atoms with Crippen LogP contribution in [0.15, 0.2) is 48.4 Å². The van der Waals surface area contributed by atoms with Gasteiger partial charge in [-0.1, -0.05) is 56.5 Å². The van der Waals surface area contributed by atoms with Crippen molar-refractivity contribution in [2.24, 2.45) is 22.5 Å². The molecule has 0 aromatic heterocycles. The highest BCUT2D eigenvalue weighted by molar-refractivity contribution is 5.80. The Morgan fingerprint density at radius 1 is 1.12 bits per heavy atom. The van der Waals surface area contributed by atoms with E-state index in [1.807, 2.05) is 51.1 Å². The van der Waals surface area contributed by atoms with Gasteiger partial charge >= 0.3 is 11.9 Å². The molecule has 0 fully saturated rings. The van der Waals surface area contributed by atoms with E-state index in [1.54, 1.807) is 6.92 Å². The number of benzene rings is 1. The van der Waals surface area contributed by atoms with Crippen LogP contribution in [0, 0.1) is 33.5 Å². The molecule has 0 radical (unpaired) electrons. The van der Waals surface area contributed by atoms with Gasteiger partial charge < -0.3 is 20.1 Å². The summed E-state index contributed by atoms with van der Waals surface area (Å²) in [5, 5.41) is 17.9. The standard InChI is InChI=1S/C31H43N3O7/c1-7-23(4)40-27(35)15-14-26(33)41-39-17-16-38-29(37)31(6,19-24(8-2)28(34)36)20-30(5,21-32)18-22(3)25-12-10-9-11-13-25/h9-13,22,24,33H,1,8,14-20H2,2-6H3,(H2,34,36). The molecule has 224 valence electrons. The van der Waals surface area contributed by atoms with Gasteiger partial charge in [-0.25, -0.2) is 0 Å². The molecule has 1 aromatic carbocycles. The molecule has 4 atom stereocenters. The third-order valence-corrected chi connectivity index (χ3v) is 6.89. The van der Waals surface area contributed by atoms with Crippen molar-refractivity contribution in [2.75, 3.05) is 13.2 Å². The van der Waals surface area contributed by atoms with Crippen LogP contribution in [0.2, 0.25) is 0 Å².